The Morgan fingerprint density at radius 3 is 2.43 bits per heavy atom. The van der Waals surface area contributed by atoms with Crippen LogP contribution in [-0.2, 0) is 9.53 Å². The van der Waals surface area contributed by atoms with E-state index in [9.17, 15) is 19.8 Å². The van der Waals surface area contributed by atoms with Gasteiger partial charge in [-0.3, -0.25) is 0 Å². The molecular formula is C14H19NO6. The lowest BCUT2D eigenvalue weighted by atomic mass is 10.1. The molecule has 0 aliphatic carbocycles. The quantitative estimate of drug-likeness (QED) is 0.579. The van der Waals surface area contributed by atoms with E-state index in [1.54, 1.807) is 20.8 Å². The Morgan fingerprint density at radius 2 is 1.95 bits per heavy atom. The molecule has 7 nitrogen and oxygen atoms in total. The van der Waals surface area contributed by atoms with Gasteiger partial charge in [-0.1, -0.05) is 0 Å². The van der Waals surface area contributed by atoms with Crippen LogP contribution in [0.5, 0.6) is 17.2 Å². The second kappa shape index (κ2) is 6.34. The van der Waals surface area contributed by atoms with Crippen LogP contribution in [0.15, 0.2) is 12.1 Å². The molecule has 1 amide bonds. The van der Waals surface area contributed by atoms with E-state index < -0.39 is 29.2 Å². The fourth-order valence-corrected chi connectivity index (χ4v) is 1.58. The van der Waals surface area contributed by atoms with Gasteiger partial charge in [-0.05, 0) is 38.5 Å². The summed E-state index contributed by atoms with van der Waals surface area (Å²) in [5.41, 5.74) is -0.449. The number of ether oxygens (including phenoxy) is 2. The number of hydrogen-bond donors (Lipinski definition) is 3. The first-order chi connectivity index (χ1) is 9.67. The minimum absolute atomic E-state index is 0.0113. The lowest BCUT2D eigenvalue weighted by Gasteiger charge is -2.22. The van der Waals surface area contributed by atoms with E-state index in [0.717, 1.165) is 6.07 Å². The van der Waals surface area contributed by atoms with Crippen LogP contribution < -0.4 is 10.1 Å². The summed E-state index contributed by atoms with van der Waals surface area (Å²) < 4.78 is 9.93. The van der Waals surface area contributed by atoms with Crippen LogP contribution in [0.25, 0.3) is 0 Å². The maximum absolute atomic E-state index is 11.7. The standard InChI is InChI=1S/C14H19NO6/c1-14(2,3)21-13(19)15-9(7-16)8-5-10(17)12(18)11(6-8)20-4/h5-7,9,17-18H,1-4H3,(H,15,19). The molecule has 1 aromatic carbocycles. The number of phenols is 2. The van der Waals surface area contributed by atoms with Crippen molar-refractivity contribution in [2.45, 2.75) is 32.4 Å². The van der Waals surface area contributed by atoms with E-state index in [0.29, 0.717) is 6.29 Å². The lowest BCUT2D eigenvalue weighted by Crippen LogP contribution is -2.35. The fraction of sp³-hybridized carbons (Fsp3) is 0.429. The topological polar surface area (TPSA) is 105 Å². The highest BCUT2D eigenvalue weighted by molar-refractivity contribution is 5.75. The van der Waals surface area contributed by atoms with Gasteiger partial charge in [0.25, 0.3) is 0 Å². The number of aldehydes is 1. The van der Waals surface area contributed by atoms with Gasteiger partial charge in [0.05, 0.1) is 7.11 Å². The van der Waals surface area contributed by atoms with Crippen molar-refractivity contribution in [2.24, 2.45) is 0 Å². The van der Waals surface area contributed by atoms with Crippen molar-refractivity contribution in [3.05, 3.63) is 17.7 Å². The number of carbonyl (C=O) groups excluding carboxylic acids is 2. The Bertz CT molecular complexity index is 535. The third-order valence-corrected chi connectivity index (χ3v) is 2.46. The molecule has 1 rings (SSSR count). The summed E-state index contributed by atoms with van der Waals surface area (Å²) in [5.74, 6) is -0.909. The maximum atomic E-state index is 11.7. The molecule has 7 heteroatoms. The molecule has 0 fully saturated rings. The Morgan fingerprint density at radius 1 is 1.33 bits per heavy atom. The molecule has 21 heavy (non-hydrogen) atoms. The molecule has 0 radical (unpaired) electrons. The van der Waals surface area contributed by atoms with Crippen LogP contribution >= 0.6 is 0 Å². The highest BCUT2D eigenvalue weighted by atomic mass is 16.6. The summed E-state index contributed by atoms with van der Waals surface area (Å²) in [6.45, 7) is 5.08. The first-order valence-corrected chi connectivity index (χ1v) is 6.22. The molecule has 0 aliphatic rings. The molecule has 0 saturated heterocycles. The van der Waals surface area contributed by atoms with Crippen LogP contribution in [-0.4, -0.2) is 35.3 Å². The van der Waals surface area contributed by atoms with Crippen LogP contribution in [0.4, 0.5) is 4.79 Å². The van der Waals surface area contributed by atoms with Crippen LogP contribution in [0, 0.1) is 0 Å². The Hall–Kier alpha value is -2.44. The fourth-order valence-electron chi connectivity index (χ4n) is 1.58. The highest BCUT2D eigenvalue weighted by Gasteiger charge is 2.22. The van der Waals surface area contributed by atoms with Crippen molar-refractivity contribution in [3.63, 3.8) is 0 Å². The molecule has 0 saturated carbocycles. The zero-order chi connectivity index (χ0) is 16.2. The van der Waals surface area contributed by atoms with Gasteiger partial charge in [-0.15, -0.1) is 0 Å². The van der Waals surface area contributed by atoms with Crippen molar-refractivity contribution < 1.29 is 29.3 Å². The number of carbonyl (C=O) groups is 2. The zero-order valence-electron chi connectivity index (χ0n) is 12.3. The van der Waals surface area contributed by atoms with E-state index >= 15 is 0 Å². The highest BCUT2D eigenvalue weighted by Crippen LogP contribution is 2.37. The lowest BCUT2D eigenvalue weighted by molar-refractivity contribution is -0.109. The van der Waals surface area contributed by atoms with E-state index in [1.807, 2.05) is 0 Å². The average molecular weight is 297 g/mol. The predicted molar refractivity (Wildman–Crippen MR) is 74.5 cm³/mol. The summed E-state index contributed by atoms with van der Waals surface area (Å²) in [6.07, 6.45) is -0.291. The van der Waals surface area contributed by atoms with E-state index in [2.05, 4.69) is 5.32 Å². The number of alkyl carbamates (subject to hydrolysis) is 1. The number of rotatable bonds is 4. The molecule has 3 N–H and O–H groups in total. The molecule has 0 bridgehead atoms. The normalized spacial score (nSPS) is 12.4. The monoisotopic (exact) mass is 297 g/mol. The molecular weight excluding hydrogens is 278 g/mol. The SMILES string of the molecule is COc1cc(C(C=O)NC(=O)OC(C)(C)C)cc(O)c1O. The molecule has 1 aromatic rings. The van der Waals surface area contributed by atoms with Gasteiger partial charge in [0, 0.05) is 0 Å². The summed E-state index contributed by atoms with van der Waals surface area (Å²) in [7, 11) is 1.30. The zero-order valence-corrected chi connectivity index (χ0v) is 12.3. The second-order valence-electron chi connectivity index (χ2n) is 5.35. The maximum Gasteiger partial charge on any atom is 0.408 e. The predicted octanol–water partition coefficient (Wildman–Crippen LogP) is 1.87. The Balaban J connectivity index is 2.98. The van der Waals surface area contributed by atoms with Crippen LogP contribution in [0.1, 0.15) is 32.4 Å². The van der Waals surface area contributed by atoms with Gasteiger partial charge in [0.1, 0.15) is 17.9 Å². The number of methoxy groups -OCH3 is 1. The van der Waals surface area contributed by atoms with Gasteiger partial charge in [0.2, 0.25) is 5.75 Å². The first-order valence-electron chi connectivity index (χ1n) is 6.22. The minimum atomic E-state index is -1.04. The molecule has 1 atom stereocenters. The molecule has 0 aromatic heterocycles. The number of hydrogen-bond acceptors (Lipinski definition) is 6. The van der Waals surface area contributed by atoms with E-state index in [-0.39, 0.29) is 11.3 Å². The number of amides is 1. The largest absolute Gasteiger partial charge is 0.504 e. The van der Waals surface area contributed by atoms with Crippen molar-refractivity contribution >= 4 is 12.4 Å². The average Bonchev–Trinajstić information content (AvgIpc) is 2.37. The summed E-state index contributed by atoms with van der Waals surface area (Å²) >= 11 is 0. The minimum Gasteiger partial charge on any atom is -0.504 e. The van der Waals surface area contributed by atoms with Crippen LogP contribution in [0.3, 0.4) is 0 Å². The van der Waals surface area contributed by atoms with Gasteiger partial charge in [0.15, 0.2) is 11.5 Å². The Labute approximate surface area is 122 Å². The second-order valence-corrected chi connectivity index (χ2v) is 5.35. The smallest absolute Gasteiger partial charge is 0.408 e. The van der Waals surface area contributed by atoms with Gasteiger partial charge < -0.3 is 29.8 Å². The van der Waals surface area contributed by atoms with Crippen molar-refractivity contribution in [2.75, 3.05) is 7.11 Å². The van der Waals surface area contributed by atoms with E-state index in [4.69, 9.17) is 9.47 Å². The third-order valence-electron chi connectivity index (χ3n) is 2.46. The number of benzene rings is 1. The van der Waals surface area contributed by atoms with Gasteiger partial charge in [-0.2, -0.15) is 0 Å². The number of aromatic hydroxyl groups is 2. The molecule has 0 aliphatic heterocycles. The van der Waals surface area contributed by atoms with E-state index in [1.165, 1.54) is 13.2 Å². The molecule has 1 unspecified atom stereocenters. The van der Waals surface area contributed by atoms with Gasteiger partial charge >= 0.3 is 6.09 Å². The summed E-state index contributed by atoms with van der Waals surface area (Å²) in [4.78, 5) is 22.8. The Kier molecular flexibility index (Phi) is 5.02. The number of nitrogens with one attached hydrogen (secondary N) is 1. The van der Waals surface area contributed by atoms with Crippen molar-refractivity contribution in [1.29, 1.82) is 0 Å². The summed E-state index contributed by atoms with van der Waals surface area (Å²) in [5, 5.41) is 21.5. The number of phenolic OH excluding ortho intramolecular Hbond substituents is 2. The molecule has 116 valence electrons. The molecule has 0 spiro atoms. The van der Waals surface area contributed by atoms with Crippen molar-refractivity contribution in [3.8, 4) is 17.2 Å². The molecule has 0 heterocycles. The third kappa shape index (κ3) is 4.55. The van der Waals surface area contributed by atoms with Crippen molar-refractivity contribution in [1.82, 2.24) is 5.32 Å². The first kappa shape index (κ1) is 16.6. The van der Waals surface area contributed by atoms with Gasteiger partial charge in [-0.25, -0.2) is 4.79 Å². The van der Waals surface area contributed by atoms with Crippen LogP contribution in [0.2, 0.25) is 0 Å². The summed E-state index contributed by atoms with van der Waals surface area (Å²) in [6, 6.07) is 1.46.